The highest BCUT2D eigenvalue weighted by Crippen LogP contribution is 2.34. The molecule has 9 heteroatoms. The minimum absolute atomic E-state index is 0.601. The van der Waals surface area contributed by atoms with Crippen LogP contribution >= 0.6 is 0 Å². The van der Waals surface area contributed by atoms with Crippen molar-refractivity contribution in [3.8, 4) is 22.4 Å². The molecule has 0 radical (unpaired) electrons. The summed E-state index contributed by atoms with van der Waals surface area (Å²) in [7, 11) is 0. The van der Waals surface area contributed by atoms with Crippen molar-refractivity contribution in [2.24, 2.45) is 0 Å². The van der Waals surface area contributed by atoms with Gasteiger partial charge in [0.1, 0.15) is 22.9 Å². The Morgan fingerprint density at radius 2 is 1.94 bits per heavy atom. The van der Waals surface area contributed by atoms with Crippen molar-refractivity contribution < 1.29 is 4.42 Å². The zero-order valence-corrected chi connectivity index (χ0v) is 16.8. The molecule has 9 nitrogen and oxygen atoms in total. The maximum Gasteiger partial charge on any atom is 0.148 e. The molecule has 1 aliphatic heterocycles. The van der Waals surface area contributed by atoms with E-state index in [1.807, 2.05) is 18.2 Å². The Bertz CT molecular complexity index is 1470. The number of hydrogen-bond donors (Lipinski definition) is 4. The molecule has 0 atom stereocenters. The third kappa shape index (κ3) is 3.08. The first-order chi connectivity index (χ1) is 15.8. The van der Waals surface area contributed by atoms with Crippen LogP contribution in [0.1, 0.15) is 11.4 Å². The van der Waals surface area contributed by atoms with E-state index < -0.39 is 0 Å². The normalized spacial score (nSPS) is 13.3. The number of anilines is 2. The Hall–Kier alpha value is -4.50. The number of aromatic nitrogens is 5. The number of nitrogen functional groups attached to an aromatic ring is 1. The second-order valence-corrected chi connectivity index (χ2v) is 7.40. The molecule has 0 aromatic carbocycles. The van der Waals surface area contributed by atoms with Crippen LogP contribution in [0.4, 0.5) is 11.5 Å². The van der Waals surface area contributed by atoms with Gasteiger partial charge >= 0.3 is 0 Å². The van der Waals surface area contributed by atoms with Crippen molar-refractivity contribution in [3.05, 3.63) is 79.0 Å². The molecule has 0 bridgehead atoms. The molecule has 0 fully saturated rings. The smallest absolute Gasteiger partial charge is 0.148 e. The van der Waals surface area contributed by atoms with Crippen molar-refractivity contribution in [1.82, 2.24) is 30.3 Å². The number of H-pyrrole nitrogens is 1. The summed E-state index contributed by atoms with van der Waals surface area (Å²) < 4.78 is 5.24. The van der Waals surface area contributed by atoms with E-state index >= 15 is 0 Å². The molecular weight excluding hydrogens is 404 g/mol. The second-order valence-electron chi connectivity index (χ2n) is 7.40. The molecule has 0 amide bonds. The fourth-order valence-electron chi connectivity index (χ4n) is 3.84. The van der Waals surface area contributed by atoms with E-state index in [1.165, 1.54) is 0 Å². The fraction of sp³-hybridized carbons (Fsp3) is 0.0435. The Balaban J connectivity index is 1.50. The Morgan fingerprint density at radius 1 is 1.00 bits per heavy atom. The van der Waals surface area contributed by atoms with Crippen LogP contribution in [0.15, 0.2) is 72.1 Å². The summed E-state index contributed by atoms with van der Waals surface area (Å²) in [5.74, 6) is 1.44. The van der Waals surface area contributed by atoms with E-state index in [2.05, 4.69) is 42.9 Å². The third-order valence-electron chi connectivity index (χ3n) is 5.34. The zero-order valence-electron chi connectivity index (χ0n) is 16.8. The third-order valence-corrected chi connectivity index (χ3v) is 5.34. The highest BCUT2D eigenvalue weighted by atomic mass is 16.3. The van der Waals surface area contributed by atoms with Gasteiger partial charge in [-0.1, -0.05) is 6.08 Å². The number of nitrogens with zero attached hydrogens (tertiary/aromatic N) is 4. The van der Waals surface area contributed by atoms with Crippen LogP contribution in [0.3, 0.4) is 0 Å². The molecule has 5 aromatic rings. The first kappa shape index (κ1) is 18.3. The molecule has 5 N–H and O–H groups in total. The quantitative estimate of drug-likeness (QED) is 0.347. The highest BCUT2D eigenvalue weighted by molar-refractivity contribution is 5.93. The second kappa shape index (κ2) is 7.33. The van der Waals surface area contributed by atoms with Gasteiger partial charge in [-0.05, 0) is 24.3 Å². The Morgan fingerprint density at radius 3 is 2.81 bits per heavy atom. The molecule has 0 saturated carbocycles. The first-order valence-electron chi connectivity index (χ1n) is 10.0. The zero-order chi connectivity index (χ0) is 21.5. The van der Waals surface area contributed by atoms with Gasteiger partial charge in [0.15, 0.2) is 0 Å². The summed E-state index contributed by atoms with van der Waals surface area (Å²) in [5, 5.41) is 0. The molecule has 1 aliphatic rings. The predicted octanol–water partition coefficient (Wildman–Crippen LogP) is 3.62. The van der Waals surface area contributed by atoms with Crippen LogP contribution in [0, 0.1) is 0 Å². The van der Waals surface area contributed by atoms with Crippen LogP contribution in [-0.4, -0.2) is 31.5 Å². The highest BCUT2D eigenvalue weighted by Gasteiger charge is 2.20. The summed E-state index contributed by atoms with van der Waals surface area (Å²) in [6.45, 7) is 0.602. The van der Waals surface area contributed by atoms with Gasteiger partial charge in [-0.3, -0.25) is 9.97 Å². The number of furan rings is 1. The summed E-state index contributed by atoms with van der Waals surface area (Å²) in [5.41, 5.74) is 19.8. The standard InChI is InChI=1S/C23H18N8O/c24-16-7-14(9-25-11-16)15-8-18-17(1-5-28-31-22(18)27-10-15)23-29-19-2-4-26-20(21(19)30-23)13-3-6-32-12-13/h1-4,6-12,28H,5,24H2,(H,27,31)(H,29,30). The number of rotatable bonds is 3. The molecule has 0 saturated heterocycles. The van der Waals surface area contributed by atoms with Gasteiger partial charge in [0, 0.05) is 59.2 Å². The lowest BCUT2D eigenvalue weighted by Crippen LogP contribution is -2.21. The van der Waals surface area contributed by atoms with E-state index in [-0.39, 0.29) is 0 Å². The molecule has 156 valence electrons. The molecule has 6 rings (SSSR count). The summed E-state index contributed by atoms with van der Waals surface area (Å²) in [6, 6.07) is 7.73. The van der Waals surface area contributed by atoms with E-state index in [0.29, 0.717) is 18.1 Å². The number of pyridine rings is 3. The lowest BCUT2D eigenvalue weighted by molar-refractivity contribution is 0.568. The number of aromatic amines is 1. The van der Waals surface area contributed by atoms with Crippen LogP contribution in [0.2, 0.25) is 0 Å². The van der Waals surface area contributed by atoms with Crippen molar-refractivity contribution in [1.29, 1.82) is 0 Å². The lowest BCUT2D eigenvalue weighted by atomic mass is 10.0. The van der Waals surface area contributed by atoms with Crippen LogP contribution in [0.25, 0.3) is 39.0 Å². The van der Waals surface area contributed by atoms with Crippen molar-refractivity contribution >= 4 is 28.1 Å². The van der Waals surface area contributed by atoms with Crippen LogP contribution in [0.5, 0.6) is 0 Å². The van der Waals surface area contributed by atoms with Gasteiger partial charge in [-0.15, -0.1) is 0 Å². The largest absolute Gasteiger partial charge is 0.472 e. The first-order valence-corrected chi connectivity index (χ1v) is 10.0. The van der Waals surface area contributed by atoms with Gasteiger partial charge in [0.2, 0.25) is 0 Å². The SMILES string of the molecule is Nc1cncc(-c2cnc3c(c2)C(c2nc4c(-c5ccoc5)nccc4[nH]2)=CCNN3)c1. The maximum atomic E-state index is 5.93. The number of imidazole rings is 1. The molecule has 32 heavy (non-hydrogen) atoms. The van der Waals surface area contributed by atoms with Crippen molar-refractivity contribution in [2.45, 2.75) is 0 Å². The molecule has 0 unspecified atom stereocenters. The summed E-state index contributed by atoms with van der Waals surface area (Å²) in [6.07, 6.45) is 12.3. The monoisotopic (exact) mass is 422 g/mol. The topological polar surface area (TPSA) is 131 Å². The average Bonchev–Trinajstić information content (AvgIpc) is 3.45. The van der Waals surface area contributed by atoms with E-state index in [9.17, 15) is 0 Å². The van der Waals surface area contributed by atoms with E-state index in [4.69, 9.17) is 15.1 Å². The number of nitrogens with two attached hydrogens (primary N) is 1. The van der Waals surface area contributed by atoms with Crippen molar-refractivity contribution in [3.63, 3.8) is 0 Å². The van der Waals surface area contributed by atoms with E-state index in [0.717, 1.165) is 50.4 Å². The lowest BCUT2D eigenvalue weighted by Gasteiger charge is -2.11. The minimum atomic E-state index is 0.601. The van der Waals surface area contributed by atoms with E-state index in [1.54, 1.807) is 37.3 Å². The minimum Gasteiger partial charge on any atom is -0.472 e. The molecular formula is C23H18N8O. The molecule has 5 aromatic heterocycles. The molecule has 0 aliphatic carbocycles. The molecule has 0 spiro atoms. The number of fused-ring (bicyclic) bond motifs is 2. The number of nitrogens with one attached hydrogen (secondary N) is 3. The number of hydrazine groups is 1. The van der Waals surface area contributed by atoms with Gasteiger partial charge in [0.05, 0.1) is 23.7 Å². The summed E-state index contributed by atoms with van der Waals surface area (Å²) >= 11 is 0. The predicted molar refractivity (Wildman–Crippen MR) is 122 cm³/mol. The summed E-state index contributed by atoms with van der Waals surface area (Å²) in [4.78, 5) is 21.7. The molecule has 6 heterocycles. The van der Waals surface area contributed by atoms with Gasteiger partial charge in [-0.2, -0.15) is 0 Å². The van der Waals surface area contributed by atoms with Crippen LogP contribution in [-0.2, 0) is 0 Å². The maximum absolute atomic E-state index is 5.93. The Labute approximate surface area is 182 Å². The van der Waals surface area contributed by atoms with Gasteiger partial charge in [-0.25, -0.2) is 15.4 Å². The van der Waals surface area contributed by atoms with Gasteiger partial charge < -0.3 is 20.6 Å². The van der Waals surface area contributed by atoms with Crippen LogP contribution < -0.4 is 16.6 Å². The van der Waals surface area contributed by atoms with Gasteiger partial charge in [0.25, 0.3) is 0 Å². The Kier molecular flexibility index (Phi) is 4.19. The fourth-order valence-corrected chi connectivity index (χ4v) is 3.84. The van der Waals surface area contributed by atoms with Crippen molar-refractivity contribution in [2.75, 3.05) is 17.7 Å². The average molecular weight is 422 g/mol. The number of hydrogen-bond acceptors (Lipinski definition) is 8.